The van der Waals surface area contributed by atoms with Gasteiger partial charge in [0, 0.05) is 38.4 Å². The highest BCUT2D eigenvalue weighted by Crippen LogP contribution is 2.29. The molecule has 1 aliphatic heterocycles. The summed E-state index contributed by atoms with van der Waals surface area (Å²) in [6.07, 6.45) is 5.05. The van der Waals surface area contributed by atoms with E-state index in [1.165, 1.54) is 16.4 Å². The van der Waals surface area contributed by atoms with Gasteiger partial charge in [-0.05, 0) is 17.7 Å². The number of hydrogen-bond donors (Lipinski definition) is 0. The number of carbonyl (C=O) groups excluding carboxylic acids is 1. The molecule has 3 rings (SSSR count). The fraction of sp³-hybridized carbons (Fsp3) is 0.308. The van der Waals surface area contributed by atoms with Crippen LogP contribution in [0.1, 0.15) is 22.0 Å². The molecule has 0 aromatic carbocycles. The smallest absolute Gasteiger partial charge is 0.273 e. The Morgan fingerprint density at radius 3 is 2.63 bits per heavy atom. The molecule has 2 aromatic rings. The molecule has 6 heteroatoms. The van der Waals surface area contributed by atoms with E-state index in [1.807, 2.05) is 12.1 Å². The highest BCUT2D eigenvalue weighted by Gasteiger charge is 2.34. The molecule has 0 atom stereocenters. The van der Waals surface area contributed by atoms with Crippen molar-refractivity contribution in [2.24, 2.45) is 7.05 Å². The van der Waals surface area contributed by atoms with Gasteiger partial charge < -0.3 is 4.90 Å². The average molecular weight is 277 g/mol. The molecule has 0 saturated carbocycles. The van der Waals surface area contributed by atoms with Crippen molar-refractivity contribution in [3.63, 3.8) is 0 Å². The number of aromatic nitrogens is 3. The summed E-state index contributed by atoms with van der Waals surface area (Å²) in [7, 11) is 1.72. The predicted molar refractivity (Wildman–Crippen MR) is 71.1 cm³/mol. The van der Waals surface area contributed by atoms with Gasteiger partial charge in [0.25, 0.3) is 5.91 Å². The largest absolute Gasteiger partial charge is 0.336 e. The Bertz CT molecular complexity index is 585. The van der Waals surface area contributed by atoms with Gasteiger partial charge in [0.2, 0.25) is 0 Å². The lowest BCUT2D eigenvalue weighted by atomic mass is 9.92. The molecule has 0 bridgehead atoms. The van der Waals surface area contributed by atoms with E-state index in [2.05, 4.69) is 10.1 Å². The molecule has 1 amide bonds. The lowest BCUT2D eigenvalue weighted by Crippen LogP contribution is -2.49. The minimum absolute atomic E-state index is 0.0599. The maximum absolute atomic E-state index is 12.3. The zero-order chi connectivity index (χ0) is 13.4. The van der Waals surface area contributed by atoms with Crippen LogP contribution in [0.5, 0.6) is 0 Å². The highest BCUT2D eigenvalue weighted by atomic mass is 35.5. The van der Waals surface area contributed by atoms with E-state index in [-0.39, 0.29) is 5.91 Å². The van der Waals surface area contributed by atoms with Gasteiger partial charge in [-0.3, -0.25) is 14.5 Å². The van der Waals surface area contributed by atoms with Gasteiger partial charge >= 0.3 is 0 Å². The van der Waals surface area contributed by atoms with Crippen molar-refractivity contribution >= 4 is 17.5 Å². The van der Waals surface area contributed by atoms with E-state index < -0.39 is 0 Å². The van der Waals surface area contributed by atoms with Crippen LogP contribution in [0.4, 0.5) is 0 Å². The van der Waals surface area contributed by atoms with Crippen LogP contribution in [0, 0.1) is 0 Å². The second kappa shape index (κ2) is 4.66. The van der Waals surface area contributed by atoms with Gasteiger partial charge in [0.05, 0.1) is 11.2 Å². The Kier molecular flexibility index (Phi) is 2.98. The Morgan fingerprint density at radius 2 is 2.05 bits per heavy atom. The lowest BCUT2D eigenvalue weighted by Gasteiger charge is -2.39. The summed E-state index contributed by atoms with van der Waals surface area (Å²) >= 11 is 5.98. The van der Waals surface area contributed by atoms with Crippen molar-refractivity contribution in [2.45, 2.75) is 5.92 Å². The van der Waals surface area contributed by atoms with Crippen molar-refractivity contribution in [3.8, 4) is 0 Å². The zero-order valence-electron chi connectivity index (χ0n) is 10.5. The van der Waals surface area contributed by atoms with Crippen molar-refractivity contribution < 1.29 is 4.79 Å². The number of nitrogens with zero attached hydrogens (tertiary/aromatic N) is 4. The number of amides is 1. The Labute approximate surface area is 115 Å². The van der Waals surface area contributed by atoms with E-state index in [4.69, 9.17) is 11.6 Å². The van der Waals surface area contributed by atoms with E-state index in [9.17, 15) is 4.79 Å². The van der Waals surface area contributed by atoms with Crippen LogP contribution in [-0.4, -0.2) is 38.7 Å². The first-order valence-corrected chi connectivity index (χ1v) is 6.41. The van der Waals surface area contributed by atoms with Crippen LogP contribution < -0.4 is 0 Å². The quantitative estimate of drug-likeness (QED) is 0.839. The molecule has 0 unspecified atom stereocenters. The Hall–Kier alpha value is -1.88. The molecular weight excluding hydrogens is 264 g/mol. The fourth-order valence-electron chi connectivity index (χ4n) is 2.29. The number of carbonyl (C=O) groups is 1. The summed E-state index contributed by atoms with van der Waals surface area (Å²) in [5.74, 6) is 0.328. The molecule has 3 heterocycles. The van der Waals surface area contributed by atoms with E-state index in [0.29, 0.717) is 29.7 Å². The fourth-order valence-corrected chi connectivity index (χ4v) is 2.54. The van der Waals surface area contributed by atoms with Crippen molar-refractivity contribution in [3.05, 3.63) is 47.0 Å². The number of rotatable bonds is 2. The second-order valence-electron chi connectivity index (χ2n) is 4.65. The first-order valence-electron chi connectivity index (χ1n) is 6.03. The third kappa shape index (κ3) is 2.10. The topological polar surface area (TPSA) is 51.0 Å². The molecular formula is C13H13ClN4O. The number of hydrogen-bond acceptors (Lipinski definition) is 3. The number of likely N-dealkylation sites (tertiary alicyclic amines) is 1. The minimum atomic E-state index is -0.0599. The summed E-state index contributed by atoms with van der Waals surface area (Å²) in [5.41, 5.74) is 1.67. The Morgan fingerprint density at radius 1 is 1.37 bits per heavy atom. The minimum Gasteiger partial charge on any atom is -0.336 e. The van der Waals surface area contributed by atoms with Crippen molar-refractivity contribution in [1.29, 1.82) is 0 Å². The second-order valence-corrected chi connectivity index (χ2v) is 5.06. The maximum Gasteiger partial charge on any atom is 0.273 e. The summed E-state index contributed by atoms with van der Waals surface area (Å²) in [6, 6.07) is 3.98. The van der Waals surface area contributed by atoms with Crippen LogP contribution in [0.15, 0.2) is 30.7 Å². The molecule has 19 heavy (non-hydrogen) atoms. The van der Waals surface area contributed by atoms with E-state index in [1.54, 1.807) is 24.3 Å². The summed E-state index contributed by atoms with van der Waals surface area (Å²) < 4.78 is 1.52. The summed E-state index contributed by atoms with van der Waals surface area (Å²) in [6.45, 7) is 1.43. The molecule has 1 fully saturated rings. The number of aryl methyl sites for hydroxylation is 1. The van der Waals surface area contributed by atoms with Crippen molar-refractivity contribution in [1.82, 2.24) is 19.7 Å². The standard InChI is InChI=1S/C13H13ClN4O/c1-17-12(11(14)6-16-17)13(19)18-7-10(8-18)9-2-4-15-5-3-9/h2-6,10H,7-8H2,1H3. The summed E-state index contributed by atoms with van der Waals surface area (Å²) in [4.78, 5) is 18.1. The van der Waals surface area contributed by atoms with Gasteiger partial charge in [0.1, 0.15) is 5.69 Å². The van der Waals surface area contributed by atoms with Crippen LogP contribution in [-0.2, 0) is 7.05 Å². The number of pyridine rings is 1. The number of halogens is 1. The summed E-state index contributed by atoms with van der Waals surface area (Å²) in [5, 5.41) is 4.39. The molecule has 98 valence electrons. The van der Waals surface area contributed by atoms with Crippen molar-refractivity contribution in [2.75, 3.05) is 13.1 Å². The first-order chi connectivity index (χ1) is 9.16. The molecule has 0 spiro atoms. The van der Waals surface area contributed by atoms with Gasteiger partial charge in [-0.1, -0.05) is 11.6 Å². The third-order valence-electron chi connectivity index (χ3n) is 3.44. The molecule has 0 radical (unpaired) electrons. The highest BCUT2D eigenvalue weighted by molar-refractivity contribution is 6.33. The monoisotopic (exact) mass is 276 g/mol. The molecule has 2 aromatic heterocycles. The van der Waals surface area contributed by atoms with Gasteiger partial charge in [-0.2, -0.15) is 5.10 Å². The molecule has 1 aliphatic rings. The maximum atomic E-state index is 12.3. The molecule has 1 saturated heterocycles. The van der Waals surface area contributed by atoms with Crippen LogP contribution in [0.25, 0.3) is 0 Å². The van der Waals surface area contributed by atoms with Gasteiger partial charge in [0.15, 0.2) is 0 Å². The van der Waals surface area contributed by atoms with E-state index in [0.717, 1.165) is 0 Å². The van der Waals surface area contributed by atoms with Crippen LogP contribution in [0.2, 0.25) is 5.02 Å². The third-order valence-corrected chi connectivity index (χ3v) is 3.72. The predicted octanol–water partition coefficient (Wildman–Crippen LogP) is 1.71. The SMILES string of the molecule is Cn1ncc(Cl)c1C(=O)N1CC(c2ccncc2)C1. The Balaban J connectivity index is 1.70. The normalized spacial score (nSPS) is 15.4. The van der Waals surface area contributed by atoms with Gasteiger partial charge in [-0.25, -0.2) is 0 Å². The van der Waals surface area contributed by atoms with Crippen LogP contribution >= 0.6 is 11.6 Å². The van der Waals surface area contributed by atoms with Gasteiger partial charge in [-0.15, -0.1) is 0 Å². The lowest BCUT2D eigenvalue weighted by molar-refractivity contribution is 0.0591. The van der Waals surface area contributed by atoms with Crippen LogP contribution in [0.3, 0.4) is 0 Å². The van der Waals surface area contributed by atoms with E-state index >= 15 is 0 Å². The molecule has 0 N–H and O–H groups in total. The average Bonchev–Trinajstić information content (AvgIpc) is 2.68. The first kappa shape index (κ1) is 12.2. The molecule has 5 nitrogen and oxygen atoms in total. The molecule has 0 aliphatic carbocycles. The zero-order valence-corrected chi connectivity index (χ0v) is 11.2.